The molecular weight excluding hydrogens is 512 g/mol. The molecule has 2 aromatic carbocycles. The second kappa shape index (κ2) is 11.2. The number of anilines is 2. The van der Waals surface area contributed by atoms with Gasteiger partial charge in [-0.05, 0) is 72.8 Å². The lowest BCUT2D eigenvalue weighted by atomic mass is 9.94. The highest BCUT2D eigenvalue weighted by Crippen LogP contribution is 2.35. The summed E-state index contributed by atoms with van der Waals surface area (Å²) in [4.78, 5) is 46.1. The summed E-state index contributed by atoms with van der Waals surface area (Å²) in [7, 11) is 0. The second-order valence-corrected chi connectivity index (χ2v) is 10.6. The van der Waals surface area contributed by atoms with E-state index < -0.39 is 17.9 Å². The highest BCUT2D eigenvalue weighted by molar-refractivity contribution is 7.09. The van der Waals surface area contributed by atoms with E-state index >= 15 is 0 Å². The maximum atomic E-state index is 14.3. The Morgan fingerprint density at radius 1 is 1.05 bits per heavy atom. The van der Waals surface area contributed by atoms with Crippen LogP contribution in [0.4, 0.5) is 11.4 Å². The van der Waals surface area contributed by atoms with Crippen molar-refractivity contribution in [2.45, 2.75) is 51.1 Å². The third-order valence-electron chi connectivity index (χ3n) is 7.06. The van der Waals surface area contributed by atoms with Crippen molar-refractivity contribution in [3.05, 3.63) is 82.5 Å². The molecule has 2 heterocycles. The van der Waals surface area contributed by atoms with E-state index in [-0.39, 0.29) is 28.2 Å². The summed E-state index contributed by atoms with van der Waals surface area (Å²) >= 11 is 0.794. The Morgan fingerprint density at radius 2 is 1.85 bits per heavy atom. The zero-order chi connectivity index (χ0) is 27.5. The number of pyridine rings is 1. The Kier molecular flexibility index (Phi) is 7.56. The minimum atomic E-state index is -1.02. The van der Waals surface area contributed by atoms with Crippen LogP contribution in [0.15, 0.2) is 60.8 Å². The fourth-order valence-electron chi connectivity index (χ4n) is 5.11. The molecule has 0 aliphatic heterocycles. The van der Waals surface area contributed by atoms with E-state index in [4.69, 9.17) is 11.5 Å². The monoisotopic (exact) mass is 542 g/mol. The highest BCUT2D eigenvalue weighted by atomic mass is 32.1. The molecule has 4 aromatic rings. The van der Waals surface area contributed by atoms with Crippen LogP contribution in [0, 0.1) is 6.92 Å². The first-order valence-electron chi connectivity index (χ1n) is 12.9. The van der Waals surface area contributed by atoms with Crippen molar-refractivity contribution in [3.63, 3.8) is 0 Å². The lowest BCUT2D eigenvalue weighted by molar-refractivity contribution is -0.123. The summed E-state index contributed by atoms with van der Waals surface area (Å²) in [6.07, 6.45) is 6.73. The molecule has 0 spiro atoms. The van der Waals surface area contributed by atoms with Gasteiger partial charge in [0.15, 0.2) is 5.69 Å². The fourth-order valence-corrected chi connectivity index (χ4v) is 5.85. The zero-order valence-electron chi connectivity index (χ0n) is 21.6. The molecule has 5 N–H and O–H groups in total. The number of primary amides is 1. The fraction of sp³-hybridized carbons (Fsp3) is 0.276. The van der Waals surface area contributed by atoms with Gasteiger partial charge in [-0.2, -0.15) is 4.37 Å². The normalized spacial score (nSPS) is 14.6. The molecule has 1 aliphatic carbocycles. The van der Waals surface area contributed by atoms with E-state index in [0.29, 0.717) is 11.3 Å². The molecule has 10 heteroatoms. The zero-order valence-corrected chi connectivity index (χ0v) is 22.4. The SMILES string of the molecule is Cc1cccc(N(C(=O)c2snc(C(N)=O)c2N)[C@H](C(=O)NC2CCCCC2)c2ccc3ncccc3c2)c1. The molecule has 1 fully saturated rings. The molecule has 0 bridgehead atoms. The van der Waals surface area contributed by atoms with Crippen molar-refractivity contribution in [2.24, 2.45) is 5.73 Å². The van der Waals surface area contributed by atoms with Gasteiger partial charge in [-0.1, -0.05) is 43.5 Å². The number of rotatable bonds is 7. The summed E-state index contributed by atoms with van der Waals surface area (Å²) in [5, 5.41) is 4.05. The average Bonchev–Trinajstić information content (AvgIpc) is 3.33. The Labute approximate surface area is 230 Å². The number of nitrogens with zero attached hydrogens (tertiary/aromatic N) is 3. The molecule has 5 rings (SSSR count). The highest BCUT2D eigenvalue weighted by Gasteiger charge is 2.37. The average molecular weight is 543 g/mol. The van der Waals surface area contributed by atoms with Crippen LogP contribution in [0.25, 0.3) is 10.9 Å². The predicted molar refractivity (Wildman–Crippen MR) is 153 cm³/mol. The van der Waals surface area contributed by atoms with Gasteiger partial charge < -0.3 is 16.8 Å². The van der Waals surface area contributed by atoms with Crippen LogP contribution in [0.2, 0.25) is 0 Å². The number of nitrogens with one attached hydrogen (secondary N) is 1. The molecule has 1 atom stereocenters. The van der Waals surface area contributed by atoms with Crippen molar-refractivity contribution in [1.82, 2.24) is 14.7 Å². The van der Waals surface area contributed by atoms with Crippen molar-refractivity contribution in [2.75, 3.05) is 10.6 Å². The number of benzene rings is 2. The molecule has 0 saturated heterocycles. The molecular formula is C29H30N6O3S. The molecule has 1 aliphatic rings. The first kappa shape index (κ1) is 26.3. The summed E-state index contributed by atoms with van der Waals surface area (Å²) < 4.78 is 4.03. The van der Waals surface area contributed by atoms with E-state index in [1.807, 2.05) is 55.5 Å². The number of fused-ring (bicyclic) bond motifs is 1. The van der Waals surface area contributed by atoms with Gasteiger partial charge in [0.05, 0.1) is 11.2 Å². The lowest BCUT2D eigenvalue weighted by Crippen LogP contribution is -2.47. The smallest absolute Gasteiger partial charge is 0.273 e. The second-order valence-electron chi connectivity index (χ2n) is 9.85. The molecule has 39 heavy (non-hydrogen) atoms. The van der Waals surface area contributed by atoms with Gasteiger partial charge in [0.25, 0.3) is 11.8 Å². The van der Waals surface area contributed by atoms with Crippen molar-refractivity contribution in [1.29, 1.82) is 0 Å². The van der Waals surface area contributed by atoms with Crippen LogP contribution >= 0.6 is 11.5 Å². The Bertz CT molecular complexity index is 1550. The van der Waals surface area contributed by atoms with E-state index in [2.05, 4.69) is 14.7 Å². The number of nitrogens with two attached hydrogens (primary N) is 2. The van der Waals surface area contributed by atoms with Gasteiger partial charge in [-0.3, -0.25) is 24.3 Å². The molecule has 0 radical (unpaired) electrons. The number of amides is 3. The quantitative estimate of drug-likeness (QED) is 0.313. The van der Waals surface area contributed by atoms with Crippen molar-refractivity contribution >= 4 is 51.5 Å². The number of hydrogen-bond donors (Lipinski definition) is 3. The van der Waals surface area contributed by atoms with E-state index in [1.54, 1.807) is 12.3 Å². The van der Waals surface area contributed by atoms with Gasteiger partial charge in [0.1, 0.15) is 10.9 Å². The van der Waals surface area contributed by atoms with E-state index in [1.165, 1.54) is 4.90 Å². The molecule has 200 valence electrons. The summed E-state index contributed by atoms with van der Waals surface area (Å²) in [5.74, 6) is -1.66. The Hall–Kier alpha value is -4.31. The number of aromatic nitrogens is 2. The third-order valence-corrected chi connectivity index (χ3v) is 7.91. The number of aryl methyl sites for hydroxylation is 1. The van der Waals surface area contributed by atoms with Gasteiger partial charge in [0.2, 0.25) is 5.91 Å². The lowest BCUT2D eigenvalue weighted by Gasteiger charge is -2.33. The molecule has 1 saturated carbocycles. The maximum absolute atomic E-state index is 14.3. The van der Waals surface area contributed by atoms with E-state index in [9.17, 15) is 14.4 Å². The van der Waals surface area contributed by atoms with Crippen LogP contribution in [-0.2, 0) is 4.79 Å². The molecule has 9 nitrogen and oxygen atoms in total. The van der Waals surface area contributed by atoms with Crippen molar-refractivity contribution in [3.8, 4) is 0 Å². The van der Waals surface area contributed by atoms with Gasteiger partial charge in [-0.25, -0.2) is 0 Å². The third kappa shape index (κ3) is 5.46. The molecule has 2 aromatic heterocycles. The number of carbonyl (C=O) groups excluding carboxylic acids is 3. The summed E-state index contributed by atoms with van der Waals surface area (Å²) in [6.45, 7) is 1.91. The Balaban J connectivity index is 1.67. The van der Waals surface area contributed by atoms with Gasteiger partial charge >= 0.3 is 0 Å². The van der Waals surface area contributed by atoms with Crippen LogP contribution in [0.1, 0.15) is 69.4 Å². The van der Waals surface area contributed by atoms with Crippen LogP contribution in [0.5, 0.6) is 0 Å². The number of nitrogen functional groups attached to an aromatic ring is 1. The summed E-state index contributed by atoms with van der Waals surface area (Å²) in [5.41, 5.74) is 14.2. The largest absolute Gasteiger partial charge is 0.395 e. The standard InChI is InChI=1S/C29H30N6O3S/c1-17-7-5-11-21(15-17)35(29(38)26-23(30)24(27(31)36)34-39-26)25(28(37)33-20-9-3-2-4-10-20)19-12-13-22-18(16-19)8-6-14-32-22/h5-8,11-16,20,25H,2-4,9-10,30H2,1H3,(H2,31,36)(H,33,37)/t25-/m0/s1. The first-order chi connectivity index (χ1) is 18.8. The minimum Gasteiger partial charge on any atom is -0.395 e. The Morgan fingerprint density at radius 3 is 2.56 bits per heavy atom. The van der Waals surface area contributed by atoms with Crippen LogP contribution < -0.4 is 21.7 Å². The predicted octanol–water partition coefficient (Wildman–Crippen LogP) is 4.52. The van der Waals surface area contributed by atoms with Crippen LogP contribution in [-0.4, -0.2) is 33.1 Å². The maximum Gasteiger partial charge on any atom is 0.273 e. The summed E-state index contributed by atoms with van der Waals surface area (Å²) in [6, 6.07) is 15.7. The number of hydrogen-bond acceptors (Lipinski definition) is 7. The topological polar surface area (TPSA) is 144 Å². The van der Waals surface area contributed by atoms with Crippen molar-refractivity contribution < 1.29 is 14.4 Å². The molecule has 3 amide bonds. The molecule has 0 unspecified atom stereocenters. The van der Waals surface area contributed by atoms with Crippen LogP contribution in [0.3, 0.4) is 0 Å². The van der Waals surface area contributed by atoms with Gasteiger partial charge in [-0.15, -0.1) is 0 Å². The number of carbonyl (C=O) groups is 3. The van der Waals surface area contributed by atoms with Gasteiger partial charge in [0, 0.05) is 23.3 Å². The minimum absolute atomic E-state index is 0.0280. The van der Waals surface area contributed by atoms with E-state index in [0.717, 1.165) is 60.1 Å². The first-order valence-corrected chi connectivity index (χ1v) is 13.7.